The lowest BCUT2D eigenvalue weighted by Gasteiger charge is -2.21. The molecular formula is C86H168O17P2. The molecule has 0 rings (SSSR count). The van der Waals surface area contributed by atoms with Crippen LogP contribution < -0.4 is 0 Å². The van der Waals surface area contributed by atoms with E-state index in [1.165, 1.54) is 257 Å². The van der Waals surface area contributed by atoms with E-state index in [-0.39, 0.29) is 25.7 Å². The Morgan fingerprint density at radius 3 is 0.724 bits per heavy atom. The van der Waals surface area contributed by atoms with Crippen molar-refractivity contribution < 1.29 is 80.2 Å². The summed E-state index contributed by atoms with van der Waals surface area (Å²) in [5, 5.41) is 10.6. The second-order valence-corrected chi connectivity index (χ2v) is 34.8. The van der Waals surface area contributed by atoms with E-state index in [4.69, 9.17) is 37.0 Å². The summed E-state index contributed by atoms with van der Waals surface area (Å²) in [7, 11) is -9.92. The van der Waals surface area contributed by atoms with Crippen molar-refractivity contribution in [2.45, 2.75) is 471 Å². The third-order valence-electron chi connectivity index (χ3n) is 20.9. The second kappa shape index (κ2) is 76.1. The summed E-state index contributed by atoms with van der Waals surface area (Å²) in [5.74, 6) is 0.415. The number of esters is 4. The Morgan fingerprint density at radius 1 is 0.276 bits per heavy atom. The van der Waals surface area contributed by atoms with E-state index in [1.807, 2.05) is 0 Å². The molecule has 0 heterocycles. The van der Waals surface area contributed by atoms with Gasteiger partial charge in [0, 0.05) is 25.7 Å². The zero-order valence-electron chi connectivity index (χ0n) is 69.2. The first-order chi connectivity index (χ1) is 50.8. The molecule has 0 aromatic carbocycles. The fraction of sp³-hybridized carbons (Fsp3) is 0.953. The van der Waals surface area contributed by atoms with Gasteiger partial charge >= 0.3 is 39.5 Å². The fourth-order valence-electron chi connectivity index (χ4n) is 13.3. The highest BCUT2D eigenvalue weighted by atomic mass is 31.2. The first-order valence-electron chi connectivity index (χ1n) is 44.4. The SMILES string of the molecule is CCCCCCCC(=O)OC[C@H](COP(=O)(O)OC[C@H](O)COP(=O)(O)OC[C@@H](COC(=O)CCCCCCCCCCCCCCCCCCCCC(C)CC)OC(=O)CCCCCCCCCCCCCCCCCCCCC(C)CC)OC(=O)CCCCCCCCCCCCCCCC(C)C. The Kier molecular flexibility index (Phi) is 74.7. The van der Waals surface area contributed by atoms with Crippen LogP contribution in [0.3, 0.4) is 0 Å². The number of phosphoric ester groups is 2. The molecule has 105 heavy (non-hydrogen) atoms. The van der Waals surface area contributed by atoms with Crippen molar-refractivity contribution in [1.82, 2.24) is 0 Å². The first-order valence-corrected chi connectivity index (χ1v) is 47.4. The predicted molar refractivity (Wildman–Crippen MR) is 432 cm³/mol. The number of aliphatic hydroxyl groups excluding tert-OH is 1. The van der Waals surface area contributed by atoms with Gasteiger partial charge in [-0.05, 0) is 43.4 Å². The van der Waals surface area contributed by atoms with Crippen LogP contribution in [0.15, 0.2) is 0 Å². The molecule has 0 aliphatic rings. The number of hydrogen-bond donors (Lipinski definition) is 3. The van der Waals surface area contributed by atoms with E-state index >= 15 is 0 Å². The molecule has 0 saturated carbocycles. The molecule has 624 valence electrons. The molecule has 19 heteroatoms. The predicted octanol–water partition coefficient (Wildman–Crippen LogP) is 26.1. The van der Waals surface area contributed by atoms with Crippen LogP contribution in [0, 0.1) is 17.8 Å². The van der Waals surface area contributed by atoms with E-state index in [9.17, 15) is 43.2 Å². The number of aliphatic hydroxyl groups is 1. The first kappa shape index (κ1) is 103. The number of unbranched alkanes of at least 4 members (excludes halogenated alkanes) is 50. The standard InChI is InChI=1S/C86H168O17P2/c1-8-11-12-50-60-67-83(88)96-73-81(102-85(90)69-63-56-49-43-37-31-25-26-32-38-44-51-57-64-77(4)5)75-100-104(92,93)98-71-80(87)72-99-105(94,95)101-76-82(103-86(91)70-62-55-48-42-36-30-24-20-16-14-18-22-28-34-40-46-53-59-66-79(7)10-3)74-97-84(89)68-61-54-47-41-35-29-23-19-15-13-17-21-27-33-39-45-52-58-65-78(6)9-2/h77-82,87H,8-76H2,1-7H3,(H,92,93)(H,94,95)/t78?,79?,80-,81+,82+/m0/s1. The number of rotatable bonds is 84. The van der Waals surface area contributed by atoms with Crippen LogP contribution in [-0.4, -0.2) is 96.7 Å². The Labute approximate surface area is 645 Å². The van der Waals surface area contributed by atoms with Crippen molar-refractivity contribution in [2.75, 3.05) is 39.6 Å². The van der Waals surface area contributed by atoms with Gasteiger partial charge in [0.15, 0.2) is 12.2 Å². The van der Waals surface area contributed by atoms with Crippen molar-refractivity contribution >= 4 is 39.5 Å². The van der Waals surface area contributed by atoms with E-state index in [0.29, 0.717) is 25.7 Å². The molecule has 7 atom stereocenters. The summed E-state index contributed by atoms with van der Waals surface area (Å²) >= 11 is 0. The van der Waals surface area contributed by atoms with Crippen molar-refractivity contribution in [3.05, 3.63) is 0 Å². The Morgan fingerprint density at radius 2 is 0.486 bits per heavy atom. The topological polar surface area (TPSA) is 237 Å². The van der Waals surface area contributed by atoms with Gasteiger partial charge in [0.05, 0.1) is 26.4 Å². The quantitative estimate of drug-likeness (QED) is 0.0222. The molecular weight excluding hydrogens is 1370 g/mol. The summed E-state index contributed by atoms with van der Waals surface area (Å²) < 4.78 is 68.6. The number of carbonyl (C=O) groups is 4. The third-order valence-corrected chi connectivity index (χ3v) is 22.8. The summed E-state index contributed by atoms with van der Waals surface area (Å²) in [5.41, 5.74) is 0. The van der Waals surface area contributed by atoms with Crippen LogP contribution in [-0.2, 0) is 65.4 Å². The van der Waals surface area contributed by atoms with E-state index in [1.54, 1.807) is 0 Å². The zero-order valence-corrected chi connectivity index (χ0v) is 71.0. The van der Waals surface area contributed by atoms with Gasteiger partial charge < -0.3 is 33.8 Å². The monoisotopic (exact) mass is 1540 g/mol. The van der Waals surface area contributed by atoms with Crippen molar-refractivity contribution in [1.29, 1.82) is 0 Å². The average molecular weight is 1540 g/mol. The minimum atomic E-state index is -4.96. The van der Waals surface area contributed by atoms with E-state index in [0.717, 1.165) is 114 Å². The molecule has 3 N–H and O–H groups in total. The molecule has 0 spiro atoms. The number of ether oxygens (including phenoxy) is 4. The minimum absolute atomic E-state index is 0.106. The summed E-state index contributed by atoms with van der Waals surface area (Å²) in [6, 6.07) is 0. The minimum Gasteiger partial charge on any atom is -0.462 e. The van der Waals surface area contributed by atoms with Crippen LogP contribution in [0.1, 0.15) is 453 Å². The fourth-order valence-corrected chi connectivity index (χ4v) is 14.9. The van der Waals surface area contributed by atoms with Gasteiger partial charge in [0.25, 0.3) is 0 Å². The lowest BCUT2D eigenvalue weighted by molar-refractivity contribution is -0.161. The Bertz CT molecular complexity index is 2030. The average Bonchev–Trinajstić information content (AvgIpc) is 0.911. The number of phosphoric acid groups is 2. The van der Waals surface area contributed by atoms with Gasteiger partial charge in [-0.15, -0.1) is 0 Å². The molecule has 17 nitrogen and oxygen atoms in total. The van der Waals surface area contributed by atoms with Crippen LogP contribution in [0.5, 0.6) is 0 Å². The highest BCUT2D eigenvalue weighted by Crippen LogP contribution is 2.45. The van der Waals surface area contributed by atoms with Gasteiger partial charge in [-0.25, -0.2) is 9.13 Å². The molecule has 0 amide bonds. The summed E-state index contributed by atoms with van der Waals surface area (Å²) in [6.07, 6.45) is 67.1. The molecule has 0 fully saturated rings. The molecule has 0 aromatic heterocycles. The Hall–Kier alpha value is -1.94. The smallest absolute Gasteiger partial charge is 0.462 e. The summed E-state index contributed by atoms with van der Waals surface area (Å²) in [4.78, 5) is 72.9. The number of hydrogen-bond acceptors (Lipinski definition) is 15. The number of carbonyl (C=O) groups excluding carboxylic acids is 4. The van der Waals surface area contributed by atoms with Gasteiger partial charge in [0.2, 0.25) is 0 Å². The van der Waals surface area contributed by atoms with E-state index < -0.39 is 97.5 Å². The lowest BCUT2D eigenvalue weighted by Crippen LogP contribution is -2.30. The molecule has 0 aromatic rings. The van der Waals surface area contributed by atoms with Crippen molar-refractivity contribution in [3.8, 4) is 0 Å². The molecule has 4 unspecified atom stereocenters. The maximum Gasteiger partial charge on any atom is 0.472 e. The third kappa shape index (κ3) is 77.2. The van der Waals surface area contributed by atoms with Gasteiger partial charge in [0.1, 0.15) is 19.3 Å². The van der Waals surface area contributed by atoms with Crippen LogP contribution in [0.4, 0.5) is 0 Å². The van der Waals surface area contributed by atoms with Gasteiger partial charge in [-0.3, -0.25) is 37.3 Å². The lowest BCUT2D eigenvalue weighted by atomic mass is 9.99. The van der Waals surface area contributed by atoms with Crippen LogP contribution in [0.25, 0.3) is 0 Å². The van der Waals surface area contributed by atoms with Gasteiger partial charge in [-0.2, -0.15) is 0 Å². The van der Waals surface area contributed by atoms with Crippen LogP contribution >= 0.6 is 15.6 Å². The van der Waals surface area contributed by atoms with E-state index in [2.05, 4.69) is 48.5 Å². The van der Waals surface area contributed by atoms with Gasteiger partial charge in [-0.1, -0.05) is 402 Å². The maximum atomic E-state index is 13.1. The molecule has 0 aliphatic heterocycles. The van der Waals surface area contributed by atoms with Crippen molar-refractivity contribution in [2.24, 2.45) is 17.8 Å². The molecule has 0 saturated heterocycles. The zero-order chi connectivity index (χ0) is 77.2. The molecule has 0 radical (unpaired) electrons. The highest BCUT2D eigenvalue weighted by molar-refractivity contribution is 7.47. The highest BCUT2D eigenvalue weighted by Gasteiger charge is 2.30. The second-order valence-electron chi connectivity index (χ2n) is 31.9. The largest absolute Gasteiger partial charge is 0.472 e. The van der Waals surface area contributed by atoms with Crippen LogP contribution in [0.2, 0.25) is 0 Å². The van der Waals surface area contributed by atoms with Crippen molar-refractivity contribution in [3.63, 3.8) is 0 Å². The Balaban J connectivity index is 5.10. The normalized spacial score (nSPS) is 14.4. The maximum absolute atomic E-state index is 13.1. The summed E-state index contributed by atoms with van der Waals surface area (Å²) in [6.45, 7) is 12.0. The molecule has 0 aliphatic carbocycles. The molecule has 0 bridgehead atoms.